The van der Waals surface area contributed by atoms with E-state index in [-0.39, 0.29) is 5.91 Å². The second-order valence-corrected chi connectivity index (χ2v) is 5.54. The third-order valence-electron chi connectivity index (χ3n) is 3.63. The summed E-state index contributed by atoms with van der Waals surface area (Å²) >= 11 is 0. The zero-order valence-electron chi connectivity index (χ0n) is 14.6. The van der Waals surface area contributed by atoms with E-state index in [9.17, 15) is 4.79 Å². The SMILES string of the molecule is CCOc1ccc(C(=O)NCc2ccc(N(C)C)cc2)cc1OC. The molecule has 5 heteroatoms. The van der Waals surface area contributed by atoms with Crippen molar-refractivity contribution >= 4 is 11.6 Å². The number of nitrogens with zero attached hydrogens (tertiary/aromatic N) is 1. The Morgan fingerprint density at radius 2 is 1.79 bits per heavy atom. The lowest BCUT2D eigenvalue weighted by Crippen LogP contribution is -2.22. The number of methoxy groups -OCH3 is 1. The van der Waals surface area contributed by atoms with E-state index in [0.29, 0.717) is 30.2 Å². The number of ether oxygens (including phenoxy) is 2. The third kappa shape index (κ3) is 4.41. The van der Waals surface area contributed by atoms with Crippen LogP contribution in [0.2, 0.25) is 0 Å². The van der Waals surface area contributed by atoms with E-state index >= 15 is 0 Å². The first-order chi connectivity index (χ1) is 11.5. The lowest BCUT2D eigenvalue weighted by molar-refractivity contribution is 0.0950. The summed E-state index contributed by atoms with van der Waals surface area (Å²) in [5.74, 6) is 1.05. The van der Waals surface area contributed by atoms with E-state index < -0.39 is 0 Å². The molecule has 0 heterocycles. The summed E-state index contributed by atoms with van der Waals surface area (Å²) in [4.78, 5) is 14.4. The fourth-order valence-corrected chi connectivity index (χ4v) is 2.28. The summed E-state index contributed by atoms with van der Waals surface area (Å²) in [5, 5.41) is 2.92. The van der Waals surface area contributed by atoms with Crippen LogP contribution >= 0.6 is 0 Å². The van der Waals surface area contributed by atoms with Crippen LogP contribution in [0.1, 0.15) is 22.8 Å². The van der Waals surface area contributed by atoms with Crippen molar-refractivity contribution in [1.29, 1.82) is 0 Å². The van der Waals surface area contributed by atoms with Gasteiger partial charge in [0, 0.05) is 31.9 Å². The van der Waals surface area contributed by atoms with Gasteiger partial charge in [0.2, 0.25) is 0 Å². The van der Waals surface area contributed by atoms with Gasteiger partial charge in [-0.2, -0.15) is 0 Å². The van der Waals surface area contributed by atoms with Crippen molar-refractivity contribution in [2.75, 3.05) is 32.7 Å². The molecule has 0 radical (unpaired) electrons. The molecule has 24 heavy (non-hydrogen) atoms. The minimum Gasteiger partial charge on any atom is -0.493 e. The first-order valence-electron chi connectivity index (χ1n) is 7.90. The van der Waals surface area contributed by atoms with Gasteiger partial charge in [0.05, 0.1) is 13.7 Å². The van der Waals surface area contributed by atoms with Crippen LogP contribution in [-0.4, -0.2) is 33.7 Å². The second kappa shape index (κ2) is 8.24. The Balaban J connectivity index is 2.01. The molecule has 5 nitrogen and oxygen atoms in total. The van der Waals surface area contributed by atoms with Crippen LogP contribution in [0.25, 0.3) is 0 Å². The summed E-state index contributed by atoms with van der Waals surface area (Å²) in [6.07, 6.45) is 0. The van der Waals surface area contributed by atoms with Crippen LogP contribution in [0.15, 0.2) is 42.5 Å². The number of carbonyl (C=O) groups is 1. The van der Waals surface area contributed by atoms with Crippen LogP contribution in [0.4, 0.5) is 5.69 Å². The van der Waals surface area contributed by atoms with Gasteiger partial charge in [0.1, 0.15) is 0 Å². The topological polar surface area (TPSA) is 50.8 Å². The Kier molecular flexibility index (Phi) is 6.07. The number of nitrogens with one attached hydrogen (secondary N) is 1. The molecule has 2 aromatic carbocycles. The highest BCUT2D eigenvalue weighted by atomic mass is 16.5. The zero-order chi connectivity index (χ0) is 17.5. The number of benzene rings is 2. The predicted octanol–water partition coefficient (Wildman–Crippen LogP) is 3.09. The standard InChI is InChI=1S/C19H24N2O3/c1-5-24-17-11-8-15(12-18(17)23-4)19(22)20-13-14-6-9-16(10-7-14)21(2)3/h6-12H,5,13H2,1-4H3,(H,20,22). The molecule has 0 aliphatic rings. The fourth-order valence-electron chi connectivity index (χ4n) is 2.28. The summed E-state index contributed by atoms with van der Waals surface area (Å²) in [7, 11) is 5.55. The molecule has 0 fully saturated rings. The quantitative estimate of drug-likeness (QED) is 0.848. The molecule has 2 rings (SSSR count). The van der Waals surface area contributed by atoms with Crippen molar-refractivity contribution in [3.63, 3.8) is 0 Å². The lowest BCUT2D eigenvalue weighted by Gasteiger charge is -2.13. The van der Waals surface area contributed by atoms with Gasteiger partial charge in [0.15, 0.2) is 11.5 Å². The highest BCUT2D eigenvalue weighted by Crippen LogP contribution is 2.28. The van der Waals surface area contributed by atoms with Crippen molar-refractivity contribution < 1.29 is 14.3 Å². The molecule has 0 unspecified atom stereocenters. The maximum absolute atomic E-state index is 12.3. The smallest absolute Gasteiger partial charge is 0.251 e. The number of anilines is 1. The van der Waals surface area contributed by atoms with Gasteiger partial charge in [0.25, 0.3) is 5.91 Å². The molecule has 2 aromatic rings. The summed E-state index contributed by atoms with van der Waals surface area (Å²) in [6, 6.07) is 13.3. The van der Waals surface area contributed by atoms with Crippen LogP contribution in [0.5, 0.6) is 11.5 Å². The Morgan fingerprint density at radius 1 is 1.08 bits per heavy atom. The van der Waals surface area contributed by atoms with Crippen LogP contribution in [0, 0.1) is 0 Å². The molecule has 0 aliphatic carbocycles. The van der Waals surface area contributed by atoms with Crippen LogP contribution in [-0.2, 0) is 6.54 Å². The fraction of sp³-hybridized carbons (Fsp3) is 0.316. The Hall–Kier alpha value is -2.69. The van der Waals surface area contributed by atoms with Gasteiger partial charge in [-0.3, -0.25) is 4.79 Å². The Bertz CT molecular complexity index is 682. The molecule has 128 valence electrons. The van der Waals surface area contributed by atoms with Crippen LogP contribution in [0.3, 0.4) is 0 Å². The minimum atomic E-state index is -0.145. The van der Waals surface area contributed by atoms with Crippen molar-refractivity contribution in [2.45, 2.75) is 13.5 Å². The first-order valence-corrected chi connectivity index (χ1v) is 7.90. The molecule has 0 spiro atoms. The molecule has 0 saturated carbocycles. The number of hydrogen-bond donors (Lipinski definition) is 1. The molecular formula is C19H24N2O3. The average molecular weight is 328 g/mol. The zero-order valence-corrected chi connectivity index (χ0v) is 14.6. The highest BCUT2D eigenvalue weighted by Gasteiger charge is 2.11. The number of rotatable bonds is 7. The number of carbonyl (C=O) groups excluding carboxylic acids is 1. The van der Waals surface area contributed by atoms with E-state index in [0.717, 1.165) is 11.3 Å². The van der Waals surface area contributed by atoms with E-state index in [1.165, 1.54) is 0 Å². The molecule has 0 saturated heterocycles. The normalized spacial score (nSPS) is 10.2. The number of hydrogen-bond acceptors (Lipinski definition) is 4. The van der Waals surface area contributed by atoms with Gasteiger partial charge in [-0.15, -0.1) is 0 Å². The molecule has 0 atom stereocenters. The van der Waals surface area contributed by atoms with E-state index in [1.54, 1.807) is 25.3 Å². The summed E-state index contributed by atoms with van der Waals surface area (Å²) in [6.45, 7) is 2.93. The molecule has 1 amide bonds. The molecule has 1 N–H and O–H groups in total. The maximum Gasteiger partial charge on any atom is 0.251 e. The van der Waals surface area contributed by atoms with Crippen LogP contribution < -0.4 is 19.7 Å². The summed E-state index contributed by atoms with van der Waals surface area (Å²) < 4.78 is 10.7. The first kappa shape index (κ1) is 17.7. The Morgan fingerprint density at radius 3 is 2.38 bits per heavy atom. The second-order valence-electron chi connectivity index (χ2n) is 5.54. The van der Waals surface area contributed by atoms with Gasteiger partial charge in [-0.1, -0.05) is 12.1 Å². The van der Waals surface area contributed by atoms with Crippen molar-refractivity contribution in [3.8, 4) is 11.5 Å². The van der Waals surface area contributed by atoms with Crippen molar-refractivity contribution in [2.24, 2.45) is 0 Å². The van der Waals surface area contributed by atoms with E-state index in [4.69, 9.17) is 9.47 Å². The highest BCUT2D eigenvalue weighted by molar-refractivity contribution is 5.94. The van der Waals surface area contributed by atoms with E-state index in [2.05, 4.69) is 5.32 Å². The molecular weight excluding hydrogens is 304 g/mol. The van der Waals surface area contributed by atoms with Gasteiger partial charge < -0.3 is 19.7 Å². The monoisotopic (exact) mass is 328 g/mol. The van der Waals surface area contributed by atoms with Gasteiger partial charge in [-0.25, -0.2) is 0 Å². The van der Waals surface area contributed by atoms with Crippen molar-refractivity contribution in [3.05, 3.63) is 53.6 Å². The maximum atomic E-state index is 12.3. The molecule has 0 aromatic heterocycles. The largest absolute Gasteiger partial charge is 0.493 e. The Labute approximate surface area is 143 Å². The third-order valence-corrected chi connectivity index (χ3v) is 3.63. The average Bonchev–Trinajstić information content (AvgIpc) is 2.60. The van der Waals surface area contributed by atoms with Gasteiger partial charge in [-0.05, 0) is 42.8 Å². The number of amides is 1. The molecule has 0 bridgehead atoms. The summed E-state index contributed by atoms with van der Waals surface area (Å²) in [5.41, 5.74) is 2.72. The minimum absolute atomic E-state index is 0.145. The lowest BCUT2D eigenvalue weighted by atomic mass is 10.1. The predicted molar refractivity (Wildman–Crippen MR) is 96.1 cm³/mol. The molecule has 0 aliphatic heterocycles. The van der Waals surface area contributed by atoms with Gasteiger partial charge >= 0.3 is 0 Å². The van der Waals surface area contributed by atoms with Crippen molar-refractivity contribution in [1.82, 2.24) is 5.32 Å². The van der Waals surface area contributed by atoms with E-state index in [1.807, 2.05) is 50.2 Å².